The molecule has 128 valence electrons. The number of nitrogens with one attached hydrogen (secondary N) is 1. The maximum atomic E-state index is 13.9. The van der Waals surface area contributed by atoms with Crippen molar-refractivity contribution in [3.63, 3.8) is 0 Å². The van der Waals surface area contributed by atoms with Gasteiger partial charge in [0, 0.05) is 24.3 Å². The summed E-state index contributed by atoms with van der Waals surface area (Å²) in [4.78, 5) is 22.4. The topological polar surface area (TPSA) is 58.1 Å². The quantitative estimate of drug-likeness (QED) is 0.776. The van der Waals surface area contributed by atoms with E-state index >= 15 is 0 Å². The zero-order valence-electron chi connectivity index (χ0n) is 14.2. The molecule has 0 aliphatic rings. The first-order valence-corrected chi connectivity index (χ1v) is 7.96. The van der Waals surface area contributed by atoms with Gasteiger partial charge in [-0.1, -0.05) is 12.1 Å². The van der Waals surface area contributed by atoms with Crippen molar-refractivity contribution in [2.75, 3.05) is 18.9 Å². The highest BCUT2D eigenvalue weighted by atomic mass is 19.1. The van der Waals surface area contributed by atoms with Crippen LogP contribution in [0.3, 0.4) is 0 Å². The highest BCUT2D eigenvalue weighted by Gasteiger charge is 2.12. The van der Waals surface area contributed by atoms with Crippen LogP contribution in [0.2, 0.25) is 0 Å². The van der Waals surface area contributed by atoms with E-state index in [1.807, 2.05) is 24.9 Å². The van der Waals surface area contributed by atoms with Gasteiger partial charge in [-0.05, 0) is 49.4 Å². The van der Waals surface area contributed by atoms with Crippen molar-refractivity contribution in [2.45, 2.75) is 13.5 Å². The summed E-state index contributed by atoms with van der Waals surface area (Å²) < 4.78 is 13.9. The van der Waals surface area contributed by atoms with Gasteiger partial charge in [0.1, 0.15) is 11.6 Å². The van der Waals surface area contributed by atoms with E-state index < -0.39 is 0 Å². The second kappa shape index (κ2) is 7.36. The molecule has 2 heterocycles. The molecule has 1 aromatic carbocycles. The Morgan fingerprint density at radius 3 is 2.80 bits per heavy atom. The Labute approximate surface area is 145 Å². The van der Waals surface area contributed by atoms with E-state index in [1.54, 1.807) is 36.7 Å². The summed E-state index contributed by atoms with van der Waals surface area (Å²) in [5.74, 6) is 0.0776. The van der Waals surface area contributed by atoms with Crippen LogP contribution in [0.1, 0.15) is 11.1 Å². The van der Waals surface area contributed by atoms with E-state index in [-0.39, 0.29) is 18.3 Å². The van der Waals surface area contributed by atoms with Crippen LogP contribution in [0.25, 0.3) is 10.9 Å². The third-order valence-electron chi connectivity index (χ3n) is 3.83. The summed E-state index contributed by atoms with van der Waals surface area (Å²) in [7, 11) is 1.83. The Hall–Kier alpha value is -2.86. The van der Waals surface area contributed by atoms with Crippen LogP contribution < -0.4 is 5.32 Å². The number of aromatic nitrogens is 2. The van der Waals surface area contributed by atoms with Gasteiger partial charge in [-0.3, -0.25) is 14.7 Å². The maximum Gasteiger partial charge on any atom is 0.239 e. The summed E-state index contributed by atoms with van der Waals surface area (Å²) in [5.41, 5.74) is 2.53. The van der Waals surface area contributed by atoms with Crippen LogP contribution >= 0.6 is 0 Å². The first kappa shape index (κ1) is 17.0. The lowest BCUT2D eigenvalue weighted by Gasteiger charge is -2.17. The van der Waals surface area contributed by atoms with E-state index in [1.165, 1.54) is 6.07 Å². The number of fused-ring (bicyclic) bond motifs is 1. The Balaban J connectivity index is 1.66. The second-order valence-electron chi connectivity index (χ2n) is 6.05. The van der Waals surface area contributed by atoms with Gasteiger partial charge in [0.25, 0.3) is 0 Å². The molecule has 0 saturated carbocycles. The number of hydrogen-bond donors (Lipinski definition) is 1. The molecule has 0 aliphatic carbocycles. The van der Waals surface area contributed by atoms with Crippen LogP contribution in [0.4, 0.5) is 10.2 Å². The van der Waals surface area contributed by atoms with Crippen molar-refractivity contribution in [3.8, 4) is 0 Å². The lowest BCUT2D eigenvalue weighted by molar-refractivity contribution is -0.117. The number of pyridine rings is 2. The van der Waals surface area contributed by atoms with Crippen molar-refractivity contribution in [1.82, 2.24) is 14.9 Å². The summed E-state index contributed by atoms with van der Waals surface area (Å²) >= 11 is 0. The molecule has 1 amide bonds. The molecular formula is C19H19FN4O. The Bertz CT molecular complexity index is 896. The summed E-state index contributed by atoms with van der Waals surface area (Å²) in [6.07, 6.45) is 3.34. The first-order valence-electron chi connectivity index (χ1n) is 7.96. The molecule has 5 nitrogen and oxygen atoms in total. The number of halogens is 1. The zero-order valence-corrected chi connectivity index (χ0v) is 14.2. The molecule has 0 radical (unpaired) electrons. The third kappa shape index (κ3) is 4.16. The number of nitrogens with zero attached hydrogens (tertiary/aromatic N) is 3. The lowest BCUT2D eigenvalue weighted by atomic mass is 10.1. The Morgan fingerprint density at radius 2 is 2.04 bits per heavy atom. The van der Waals surface area contributed by atoms with Crippen molar-refractivity contribution in [3.05, 3.63) is 65.7 Å². The average Bonchev–Trinajstić information content (AvgIpc) is 2.59. The molecule has 1 N–H and O–H groups in total. The van der Waals surface area contributed by atoms with Gasteiger partial charge >= 0.3 is 0 Å². The van der Waals surface area contributed by atoms with E-state index in [0.29, 0.717) is 23.3 Å². The molecular weight excluding hydrogens is 319 g/mol. The van der Waals surface area contributed by atoms with Crippen molar-refractivity contribution < 1.29 is 9.18 Å². The van der Waals surface area contributed by atoms with Gasteiger partial charge < -0.3 is 5.32 Å². The predicted molar refractivity (Wildman–Crippen MR) is 95.6 cm³/mol. The predicted octanol–water partition coefficient (Wildman–Crippen LogP) is 3.15. The molecule has 0 unspecified atom stereocenters. The third-order valence-corrected chi connectivity index (χ3v) is 3.83. The minimum Gasteiger partial charge on any atom is -0.310 e. The molecule has 25 heavy (non-hydrogen) atoms. The molecule has 0 atom stereocenters. The van der Waals surface area contributed by atoms with Gasteiger partial charge in [-0.25, -0.2) is 9.37 Å². The number of aryl methyl sites for hydroxylation is 1. The fourth-order valence-electron chi connectivity index (χ4n) is 2.64. The molecule has 0 aliphatic heterocycles. The van der Waals surface area contributed by atoms with Crippen LogP contribution in [0.15, 0.2) is 48.8 Å². The van der Waals surface area contributed by atoms with Crippen LogP contribution in [0, 0.1) is 12.7 Å². The minimum absolute atomic E-state index is 0.154. The summed E-state index contributed by atoms with van der Waals surface area (Å²) in [6.45, 7) is 2.62. The largest absolute Gasteiger partial charge is 0.310 e. The van der Waals surface area contributed by atoms with Crippen LogP contribution in [0.5, 0.6) is 0 Å². The molecule has 2 aromatic heterocycles. The van der Waals surface area contributed by atoms with Crippen LogP contribution in [-0.2, 0) is 11.3 Å². The fourth-order valence-corrected chi connectivity index (χ4v) is 2.64. The van der Waals surface area contributed by atoms with Crippen LogP contribution in [-0.4, -0.2) is 34.4 Å². The normalized spacial score (nSPS) is 11.0. The number of likely N-dealkylation sites (N-methyl/N-ethyl adjacent to an activating group) is 1. The Kier molecular flexibility index (Phi) is 5.00. The molecule has 0 fully saturated rings. The Morgan fingerprint density at radius 1 is 1.20 bits per heavy atom. The number of carbonyl (C=O) groups is 1. The van der Waals surface area contributed by atoms with Gasteiger partial charge in [-0.15, -0.1) is 0 Å². The van der Waals surface area contributed by atoms with E-state index in [4.69, 9.17) is 0 Å². The maximum absolute atomic E-state index is 13.9. The standard InChI is InChI=1S/C19H19FN4O/c1-13-5-8-17(22-10-13)23-18(25)12-24(2)11-14-6-7-16(20)15-4-3-9-21-19(14)15/h3-10H,11-12H2,1-2H3,(H,22,23,25). The second-order valence-corrected chi connectivity index (χ2v) is 6.05. The van der Waals surface area contributed by atoms with Crippen molar-refractivity contribution in [2.24, 2.45) is 0 Å². The number of carbonyl (C=O) groups excluding carboxylic acids is 1. The van der Waals surface area contributed by atoms with E-state index in [0.717, 1.165) is 11.1 Å². The van der Waals surface area contributed by atoms with Crippen molar-refractivity contribution in [1.29, 1.82) is 0 Å². The lowest BCUT2D eigenvalue weighted by Crippen LogP contribution is -2.30. The van der Waals surface area contributed by atoms with Gasteiger partial charge in [0.05, 0.1) is 12.1 Å². The molecule has 3 aromatic rings. The monoisotopic (exact) mass is 338 g/mol. The molecule has 0 bridgehead atoms. The van der Waals surface area contributed by atoms with E-state index in [2.05, 4.69) is 15.3 Å². The van der Waals surface area contributed by atoms with Gasteiger partial charge in [-0.2, -0.15) is 0 Å². The van der Waals surface area contributed by atoms with Gasteiger partial charge in [0.2, 0.25) is 5.91 Å². The summed E-state index contributed by atoms with van der Waals surface area (Å²) in [6, 6.07) is 10.2. The highest BCUT2D eigenvalue weighted by molar-refractivity contribution is 5.91. The van der Waals surface area contributed by atoms with E-state index in [9.17, 15) is 9.18 Å². The number of benzene rings is 1. The van der Waals surface area contributed by atoms with Gasteiger partial charge in [0.15, 0.2) is 0 Å². The summed E-state index contributed by atoms with van der Waals surface area (Å²) in [5, 5.41) is 3.25. The number of hydrogen-bond acceptors (Lipinski definition) is 4. The SMILES string of the molecule is Cc1ccc(NC(=O)CN(C)Cc2ccc(F)c3cccnc23)nc1. The molecule has 6 heteroatoms. The number of anilines is 1. The van der Waals surface area contributed by atoms with Crippen molar-refractivity contribution >= 4 is 22.6 Å². The minimum atomic E-state index is -0.294. The smallest absolute Gasteiger partial charge is 0.239 e. The average molecular weight is 338 g/mol. The highest BCUT2D eigenvalue weighted by Crippen LogP contribution is 2.20. The number of amides is 1. The zero-order chi connectivity index (χ0) is 17.8. The number of rotatable bonds is 5. The first-order chi connectivity index (χ1) is 12.0. The molecule has 0 saturated heterocycles. The molecule has 0 spiro atoms. The fraction of sp³-hybridized carbons (Fsp3) is 0.211. The molecule has 3 rings (SSSR count).